The molecule has 0 saturated carbocycles. The minimum Gasteiger partial charge on any atom is -0.396 e. The lowest BCUT2D eigenvalue weighted by Gasteiger charge is -2.10. The van der Waals surface area contributed by atoms with Crippen molar-refractivity contribution >= 4 is 0 Å². The molecule has 0 radical (unpaired) electrons. The first-order chi connectivity index (χ1) is 11.7. The summed E-state index contributed by atoms with van der Waals surface area (Å²) in [5, 5.41) is 13.2. The molecule has 6 nitrogen and oxygen atoms in total. The quantitative estimate of drug-likeness (QED) is 0.741. The summed E-state index contributed by atoms with van der Waals surface area (Å²) in [5.74, 6) is -0.713. The zero-order valence-corrected chi connectivity index (χ0v) is 12.7. The van der Waals surface area contributed by atoms with Gasteiger partial charge in [-0.25, -0.2) is 28.4 Å². The number of hydrogen-bond acceptors (Lipinski definition) is 5. The topological polar surface area (TPSA) is 76.7 Å². The molecule has 0 saturated heterocycles. The second kappa shape index (κ2) is 7.22. The van der Waals surface area contributed by atoms with Crippen LogP contribution in [0.5, 0.6) is 0 Å². The molecule has 0 bridgehead atoms. The molecule has 124 valence electrons. The Balaban J connectivity index is 1.86. The van der Waals surface area contributed by atoms with Crippen molar-refractivity contribution in [2.24, 2.45) is 0 Å². The normalized spacial score (nSPS) is 11.0. The number of aliphatic hydroxyl groups is 1. The second-order valence-corrected chi connectivity index (χ2v) is 5.24. The Hall–Kier alpha value is -2.74. The van der Waals surface area contributed by atoms with E-state index in [-0.39, 0.29) is 13.0 Å². The monoisotopic (exact) mass is 331 g/mol. The summed E-state index contributed by atoms with van der Waals surface area (Å²) in [4.78, 5) is 12.5. The van der Waals surface area contributed by atoms with Crippen molar-refractivity contribution in [3.63, 3.8) is 0 Å². The summed E-state index contributed by atoms with van der Waals surface area (Å²) in [6.07, 6.45) is 5.13. The number of benzene rings is 1. The SMILES string of the molecule is OCCc1nc(Cn2cncn2)ncc1Cc1ccc(F)cc1F. The fourth-order valence-corrected chi connectivity index (χ4v) is 2.36. The first kappa shape index (κ1) is 16.1. The summed E-state index contributed by atoms with van der Waals surface area (Å²) in [7, 11) is 0. The van der Waals surface area contributed by atoms with E-state index >= 15 is 0 Å². The molecule has 3 rings (SSSR count). The molecular weight excluding hydrogens is 316 g/mol. The zero-order chi connectivity index (χ0) is 16.9. The minimum atomic E-state index is -0.619. The van der Waals surface area contributed by atoms with Crippen molar-refractivity contribution in [3.05, 3.63) is 71.3 Å². The molecule has 8 heteroatoms. The van der Waals surface area contributed by atoms with Crippen molar-refractivity contribution in [2.75, 3.05) is 6.61 Å². The Morgan fingerprint density at radius 2 is 2.04 bits per heavy atom. The van der Waals surface area contributed by atoms with Crippen LogP contribution in [0.3, 0.4) is 0 Å². The molecule has 0 aliphatic heterocycles. The first-order valence-corrected chi connectivity index (χ1v) is 7.36. The zero-order valence-electron chi connectivity index (χ0n) is 12.7. The third-order valence-electron chi connectivity index (χ3n) is 3.52. The maximum Gasteiger partial charge on any atom is 0.150 e. The van der Waals surface area contributed by atoms with E-state index in [1.165, 1.54) is 18.5 Å². The summed E-state index contributed by atoms with van der Waals surface area (Å²) in [6.45, 7) is 0.266. The highest BCUT2D eigenvalue weighted by Gasteiger charge is 2.11. The largest absolute Gasteiger partial charge is 0.396 e. The van der Waals surface area contributed by atoms with Gasteiger partial charge in [-0.2, -0.15) is 5.10 Å². The van der Waals surface area contributed by atoms with Crippen LogP contribution in [0.15, 0.2) is 37.1 Å². The lowest BCUT2D eigenvalue weighted by Crippen LogP contribution is -2.10. The number of aliphatic hydroxyl groups excluding tert-OH is 1. The van der Waals surface area contributed by atoms with Gasteiger partial charge in [0.15, 0.2) is 0 Å². The summed E-state index contributed by atoms with van der Waals surface area (Å²) in [6, 6.07) is 3.46. The van der Waals surface area contributed by atoms with Crippen molar-refractivity contribution in [1.29, 1.82) is 0 Å². The number of halogens is 2. The molecular formula is C16H15F2N5O. The molecule has 3 aromatic rings. The van der Waals surface area contributed by atoms with Gasteiger partial charge in [0, 0.05) is 37.4 Å². The van der Waals surface area contributed by atoms with Gasteiger partial charge < -0.3 is 5.11 Å². The molecule has 2 aromatic heterocycles. The predicted octanol–water partition coefficient (Wildman–Crippen LogP) is 1.52. The molecule has 0 amide bonds. The molecule has 0 atom stereocenters. The molecule has 1 aromatic carbocycles. The summed E-state index contributed by atoms with van der Waals surface area (Å²) < 4.78 is 28.4. The van der Waals surface area contributed by atoms with E-state index in [9.17, 15) is 13.9 Å². The van der Waals surface area contributed by atoms with E-state index in [0.717, 1.165) is 6.07 Å². The highest BCUT2D eigenvalue weighted by atomic mass is 19.1. The van der Waals surface area contributed by atoms with Crippen LogP contribution < -0.4 is 0 Å². The van der Waals surface area contributed by atoms with Gasteiger partial charge in [0.05, 0.1) is 0 Å². The molecule has 0 aliphatic carbocycles. The fraction of sp³-hybridized carbons (Fsp3) is 0.250. The van der Waals surface area contributed by atoms with E-state index in [0.29, 0.717) is 35.6 Å². The summed E-state index contributed by atoms with van der Waals surface area (Å²) in [5.41, 5.74) is 1.67. The predicted molar refractivity (Wildman–Crippen MR) is 81.1 cm³/mol. The van der Waals surface area contributed by atoms with Crippen molar-refractivity contribution < 1.29 is 13.9 Å². The molecule has 1 N–H and O–H groups in total. The van der Waals surface area contributed by atoms with Gasteiger partial charge in [0.25, 0.3) is 0 Å². The van der Waals surface area contributed by atoms with Gasteiger partial charge in [-0.15, -0.1) is 0 Å². The van der Waals surface area contributed by atoms with Gasteiger partial charge in [-0.05, 0) is 17.2 Å². The second-order valence-electron chi connectivity index (χ2n) is 5.24. The molecule has 0 aliphatic rings. The van der Waals surface area contributed by atoms with Crippen LogP contribution in [0.4, 0.5) is 8.78 Å². The van der Waals surface area contributed by atoms with Crippen LogP contribution >= 0.6 is 0 Å². The van der Waals surface area contributed by atoms with Gasteiger partial charge in [-0.1, -0.05) is 6.07 Å². The van der Waals surface area contributed by atoms with E-state index < -0.39 is 11.6 Å². The van der Waals surface area contributed by atoms with Gasteiger partial charge in [-0.3, -0.25) is 0 Å². The van der Waals surface area contributed by atoms with Crippen LogP contribution in [0, 0.1) is 11.6 Å². The van der Waals surface area contributed by atoms with Crippen LogP contribution in [-0.4, -0.2) is 36.4 Å². The maximum absolute atomic E-state index is 13.8. The van der Waals surface area contributed by atoms with E-state index in [2.05, 4.69) is 20.1 Å². The lowest BCUT2D eigenvalue weighted by atomic mass is 10.0. The molecule has 24 heavy (non-hydrogen) atoms. The average Bonchev–Trinajstić information content (AvgIpc) is 3.05. The van der Waals surface area contributed by atoms with E-state index in [1.54, 1.807) is 17.2 Å². The highest BCUT2D eigenvalue weighted by Crippen LogP contribution is 2.17. The molecule has 2 heterocycles. The summed E-state index contributed by atoms with van der Waals surface area (Å²) >= 11 is 0. The van der Waals surface area contributed by atoms with Gasteiger partial charge >= 0.3 is 0 Å². The maximum atomic E-state index is 13.8. The van der Waals surface area contributed by atoms with Crippen molar-refractivity contribution in [1.82, 2.24) is 24.7 Å². The third-order valence-corrected chi connectivity index (χ3v) is 3.52. The van der Waals surface area contributed by atoms with Gasteiger partial charge in [0.1, 0.15) is 36.7 Å². The smallest absolute Gasteiger partial charge is 0.150 e. The fourth-order valence-electron chi connectivity index (χ4n) is 2.36. The number of rotatable bonds is 6. The van der Waals surface area contributed by atoms with Gasteiger partial charge in [0.2, 0.25) is 0 Å². The van der Waals surface area contributed by atoms with Crippen LogP contribution in [0.1, 0.15) is 22.6 Å². The van der Waals surface area contributed by atoms with E-state index in [4.69, 9.17) is 0 Å². The highest BCUT2D eigenvalue weighted by molar-refractivity contribution is 5.29. The average molecular weight is 331 g/mol. The Bertz CT molecular complexity index is 823. The van der Waals surface area contributed by atoms with E-state index in [1.807, 2.05) is 0 Å². The van der Waals surface area contributed by atoms with Crippen LogP contribution in [0.25, 0.3) is 0 Å². The van der Waals surface area contributed by atoms with Crippen LogP contribution in [0.2, 0.25) is 0 Å². The standard InChI is InChI=1S/C16H15F2N5O/c17-13-2-1-11(14(18)6-13)5-12-7-20-16(22-15(12)3-4-24)8-23-10-19-9-21-23/h1-2,6-7,9-10,24H,3-5,8H2. The Morgan fingerprint density at radius 3 is 2.75 bits per heavy atom. The minimum absolute atomic E-state index is 0.0846. The lowest BCUT2D eigenvalue weighted by molar-refractivity contribution is 0.297. The van der Waals surface area contributed by atoms with Crippen molar-refractivity contribution in [3.8, 4) is 0 Å². The number of aromatic nitrogens is 5. The Morgan fingerprint density at radius 1 is 1.17 bits per heavy atom. The first-order valence-electron chi connectivity index (χ1n) is 7.36. The van der Waals surface area contributed by atoms with Crippen molar-refractivity contribution in [2.45, 2.75) is 19.4 Å². The Labute approximate surface area is 136 Å². The van der Waals surface area contributed by atoms with Crippen LogP contribution in [-0.2, 0) is 19.4 Å². The number of hydrogen-bond donors (Lipinski definition) is 1. The molecule has 0 spiro atoms. The molecule has 0 unspecified atom stereocenters. The Kier molecular flexibility index (Phi) is 4.85. The molecule has 0 fully saturated rings. The number of nitrogens with zero attached hydrogens (tertiary/aromatic N) is 5. The third kappa shape index (κ3) is 3.77.